The third kappa shape index (κ3) is 6.38. The number of amides is 1. The number of para-hydroxylation sites is 1. The lowest BCUT2D eigenvalue weighted by molar-refractivity contribution is -0.334. The van der Waals surface area contributed by atoms with E-state index in [-0.39, 0.29) is 24.2 Å². The van der Waals surface area contributed by atoms with Crippen LogP contribution in [0.25, 0.3) is 0 Å². The molecule has 26 heavy (non-hydrogen) atoms. The van der Waals surface area contributed by atoms with E-state index in [2.05, 4.69) is 15.6 Å². The molecule has 2 aromatic rings. The van der Waals surface area contributed by atoms with Crippen LogP contribution in [0.3, 0.4) is 0 Å². The molecule has 2 N–H and O–H groups in total. The molecule has 2 rings (SSSR count). The van der Waals surface area contributed by atoms with E-state index in [1.165, 1.54) is 12.1 Å². The van der Waals surface area contributed by atoms with Gasteiger partial charge in [0.15, 0.2) is 0 Å². The third-order valence-corrected chi connectivity index (χ3v) is 3.25. The van der Waals surface area contributed by atoms with E-state index >= 15 is 0 Å². The number of carbonyl (C=O) groups is 1. The second kappa shape index (κ2) is 8.68. The van der Waals surface area contributed by atoms with Crippen molar-refractivity contribution in [2.24, 2.45) is 0 Å². The van der Waals surface area contributed by atoms with Crippen LogP contribution in [-0.4, -0.2) is 18.3 Å². The highest BCUT2D eigenvalue weighted by molar-refractivity contribution is 5.94. The Balaban J connectivity index is 2.03. The molecule has 0 aromatic heterocycles. The Morgan fingerprint density at radius 1 is 1.08 bits per heavy atom. The maximum absolute atomic E-state index is 12.6. The van der Waals surface area contributed by atoms with Gasteiger partial charge in [-0.05, 0) is 43.7 Å². The number of halogens is 3. The maximum atomic E-state index is 12.6. The zero-order valence-corrected chi connectivity index (χ0v) is 14.4. The first kappa shape index (κ1) is 19.7. The maximum Gasteiger partial charge on any atom is 0.545 e. The van der Waals surface area contributed by atoms with Crippen LogP contribution in [0, 0.1) is 0 Å². The lowest BCUT2D eigenvalue weighted by atomic mass is 10.1. The number of hydrazine groups is 1. The molecule has 0 saturated heterocycles. The van der Waals surface area contributed by atoms with E-state index in [1.807, 2.05) is 13.8 Å². The summed E-state index contributed by atoms with van der Waals surface area (Å²) in [5, 5.41) is 3.34. The van der Waals surface area contributed by atoms with Gasteiger partial charge in [-0.15, -0.1) is 13.2 Å². The third-order valence-electron chi connectivity index (χ3n) is 3.25. The second-order valence-corrected chi connectivity index (χ2v) is 5.83. The van der Waals surface area contributed by atoms with Crippen molar-refractivity contribution < 1.29 is 22.8 Å². The molecule has 0 aliphatic rings. The van der Waals surface area contributed by atoms with Crippen LogP contribution in [0.5, 0.6) is 0 Å². The van der Waals surface area contributed by atoms with Gasteiger partial charge in [-0.1, -0.05) is 30.3 Å². The number of hydrogen-bond acceptors (Lipinski definition) is 4. The molecule has 0 saturated carbocycles. The van der Waals surface area contributed by atoms with Gasteiger partial charge in [0, 0.05) is 18.2 Å². The van der Waals surface area contributed by atoms with Gasteiger partial charge < -0.3 is 5.32 Å². The van der Waals surface area contributed by atoms with Gasteiger partial charge in [0.25, 0.3) is 5.91 Å². The normalized spacial score (nSPS) is 11.5. The number of alkyl halides is 3. The molecule has 0 radical (unpaired) electrons. The molecule has 2 aromatic carbocycles. The molecular formula is C18H20F3N3O2. The summed E-state index contributed by atoms with van der Waals surface area (Å²) in [6.07, 6.45) is -4.83. The van der Waals surface area contributed by atoms with Crippen LogP contribution in [0.15, 0.2) is 54.6 Å². The van der Waals surface area contributed by atoms with E-state index < -0.39 is 6.36 Å². The largest absolute Gasteiger partial charge is 0.545 e. The van der Waals surface area contributed by atoms with E-state index in [0.29, 0.717) is 16.3 Å². The summed E-state index contributed by atoms with van der Waals surface area (Å²) in [4.78, 5) is 15.9. The van der Waals surface area contributed by atoms with Gasteiger partial charge in [-0.25, -0.2) is 5.43 Å². The predicted octanol–water partition coefficient (Wildman–Crippen LogP) is 3.79. The predicted molar refractivity (Wildman–Crippen MR) is 91.9 cm³/mol. The van der Waals surface area contributed by atoms with E-state index in [0.717, 1.165) is 0 Å². The number of benzene rings is 2. The van der Waals surface area contributed by atoms with Crippen molar-refractivity contribution in [3.63, 3.8) is 0 Å². The summed E-state index contributed by atoms with van der Waals surface area (Å²) in [6, 6.07) is 14.4. The molecule has 0 atom stereocenters. The van der Waals surface area contributed by atoms with Crippen LogP contribution in [0.2, 0.25) is 0 Å². The summed E-state index contributed by atoms with van der Waals surface area (Å²) in [6.45, 7) is 3.79. The van der Waals surface area contributed by atoms with Crippen LogP contribution in [0.1, 0.15) is 29.8 Å². The van der Waals surface area contributed by atoms with Gasteiger partial charge in [-0.3, -0.25) is 4.79 Å². The highest BCUT2D eigenvalue weighted by Gasteiger charge is 2.34. The van der Waals surface area contributed by atoms with Gasteiger partial charge in [0.2, 0.25) is 0 Å². The van der Waals surface area contributed by atoms with Gasteiger partial charge in [0.05, 0.1) is 5.69 Å². The Bertz CT molecular complexity index is 704. The Morgan fingerprint density at radius 3 is 2.23 bits per heavy atom. The lowest BCUT2D eigenvalue weighted by Gasteiger charge is -2.25. The Kier molecular flexibility index (Phi) is 6.59. The average Bonchev–Trinajstić information content (AvgIpc) is 2.58. The molecule has 0 spiro atoms. The van der Waals surface area contributed by atoms with Crippen molar-refractivity contribution >= 4 is 11.6 Å². The molecule has 0 aliphatic carbocycles. The first-order chi connectivity index (χ1) is 12.2. The van der Waals surface area contributed by atoms with Crippen molar-refractivity contribution in [3.8, 4) is 0 Å². The number of hydrogen-bond donors (Lipinski definition) is 2. The SMILES string of the molecule is CC(C)NC(=O)c1ccc(CNN(OC(F)(F)F)c2ccccc2)cc1. The highest BCUT2D eigenvalue weighted by Crippen LogP contribution is 2.22. The molecular weight excluding hydrogens is 347 g/mol. The lowest BCUT2D eigenvalue weighted by Crippen LogP contribution is -2.42. The van der Waals surface area contributed by atoms with E-state index in [9.17, 15) is 18.0 Å². The fourth-order valence-corrected chi connectivity index (χ4v) is 2.13. The monoisotopic (exact) mass is 367 g/mol. The molecule has 0 unspecified atom stereocenters. The molecule has 0 aliphatic heterocycles. The quantitative estimate of drug-likeness (QED) is 0.731. The topological polar surface area (TPSA) is 53.6 Å². The summed E-state index contributed by atoms with van der Waals surface area (Å²) in [7, 11) is 0. The highest BCUT2D eigenvalue weighted by atomic mass is 19.4. The molecule has 0 fully saturated rings. The van der Waals surface area contributed by atoms with Crippen LogP contribution in [0.4, 0.5) is 18.9 Å². The molecule has 0 bridgehead atoms. The number of anilines is 1. The smallest absolute Gasteiger partial charge is 0.350 e. The average molecular weight is 367 g/mol. The van der Waals surface area contributed by atoms with Crippen molar-refractivity contribution in [2.75, 3.05) is 5.17 Å². The van der Waals surface area contributed by atoms with E-state index in [4.69, 9.17) is 0 Å². The standard InChI is InChI=1S/C18H20F3N3O2/c1-13(2)23-17(25)15-10-8-14(9-11-15)12-22-24(26-18(19,20)21)16-6-4-3-5-7-16/h3-11,13,22H,12H2,1-2H3,(H,23,25). The van der Waals surface area contributed by atoms with Gasteiger partial charge in [0.1, 0.15) is 0 Å². The van der Waals surface area contributed by atoms with Crippen molar-refractivity contribution in [1.29, 1.82) is 0 Å². The van der Waals surface area contributed by atoms with Crippen molar-refractivity contribution in [3.05, 3.63) is 65.7 Å². The fraction of sp³-hybridized carbons (Fsp3) is 0.278. The number of carbonyl (C=O) groups excluding carboxylic acids is 1. The number of rotatable bonds is 7. The minimum atomic E-state index is -4.83. The van der Waals surface area contributed by atoms with Crippen LogP contribution >= 0.6 is 0 Å². The Hall–Kier alpha value is -2.58. The van der Waals surface area contributed by atoms with Crippen LogP contribution < -0.4 is 15.9 Å². The van der Waals surface area contributed by atoms with E-state index in [1.54, 1.807) is 42.5 Å². The number of nitrogens with zero attached hydrogens (tertiary/aromatic N) is 1. The van der Waals surface area contributed by atoms with Crippen molar-refractivity contribution in [1.82, 2.24) is 10.7 Å². The summed E-state index contributed by atoms with van der Waals surface area (Å²) in [5.41, 5.74) is 3.96. The summed E-state index contributed by atoms with van der Waals surface area (Å²) in [5.74, 6) is -0.203. The summed E-state index contributed by atoms with van der Waals surface area (Å²) < 4.78 is 37.8. The zero-order valence-electron chi connectivity index (χ0n) is 14.4. The number of nitrogens with one attached hydrogen (secondary N) is 2. The first-order valence-electron chi connectivity index (χ1n) is 7.99. The molecule has 8 heteroatoms. The molecule has 5 nitrogen and oxygen atoms in total. The summed E-state index contributed by atoms with van der Waals surface area (Å²) >= 11 is 0. The minimum Gasteiger partial charge on any atom is -0.350 e. The van der Waals surface area contributed by atoms with Gasteiger partial charge >= 0.3 is 6.36 Å². The molecule has 0 heterocycles. The van der Waals surface area contributed by atoms with Crippen molar-refractivity contribution in [2.45, 2.75) is 32.8 Å². The zero-order chi connectivity index (χ0) is 19.2. The fourth-order valence-electron chi connectivity index (χ4n) is 2.13. The Labute approximate surface area is 149 Å². The Morgan fingerprint density at radius 2 is 1.69 bits per heavy atom. The van der Waals surface area contributed by atoms with Crippen LogP contribution in [-0.2, 0) is 11.4 Å². The van der Waals surface area contributed by atoms with Gasteiger partial charge in [-0.2, -0.15) is 10.0 Å². The molecule has 140 valence electrons. The minimum absolute atomic E-state index is 0.0165. The molecule has 1 amide bonds. The second-order valence-electron chi connectivity index (χ2n) is 5.83. The first-order valence-corrected chi connectivity index (χ1v) is 7.99.